The van der Waals surface area contributed by atoms with Gasteiger partial charge in [0.25, 0.3) is 0 Å². The van der Waals surface area contributed by atoms with E-state index < -0.39 is 10.0 Å². The number of hydrogen-bond acceptors (Lipinski definition) is 2. The Bertz CT molecular complexity index is 196. The first-order chi connectivity index (χ1) is 6.20. The van der Waals surface area contributed by atoms with Gasteiger partial charge in [0.15, 0.2) is 0 Å². The molecule has 1 fully saturated rings. The Morgan fingerprint density at radius 3 is 2.13 bits per heavy atom. The Morgan fingerprint density at radius 2 is 1.73 bits per heavy atom. The first kappa shape index (κ1) is 15.2. The van der Waals surface area contributed by atoms with E-state index >= 15 is 0 Å². The average Bonchev–Trinajstić information content (AvgIpc) is 2.29. The van der Waals surface area contributed by atoms with Crippen LogP contribution in [0, 0.1) is 0 Å². The summed E-state index contributed by atoms with van der Waals surface area (Å²) in [6.07, 6.45) is 9.71. The summed E-state index contributed by atoms with van der Waals surface area (Å²) in [5.74, 6) is 0. The van der Waals surface area contributed by atoms with Gasteiger partial charge in [-0.1, -0.05) is 0 Å². The van der Waals surface area contributed by atoms with E-state index in [-0.39, 0.29) is 11.1 Å². The number of nitrogens with zero attached hydrogens (tertiary/aromatic N) is 1. The van der Waals surface area contributed by atoms with Crippen molar-refractivity contribution in [2.45, 2.75) is 44.6 Å². The molecule has 0 radical (unpaired) electrons. The van der Waals surface area contributed by atoms with Gasteiger partial charge in [-0.05, 0) is 52.4 Å². The third-order valence-electron chi connectivity index (χ3n) is 2.36. The maximum absolute atomic E-state index is 5.99. The van der Waals surface area contributed by atoms with Crippen LogP contribution in [-0.4, -0.2) is 46.8 Å². The molecule has 1 saturated heterocycles. The molecule has 1 atom stereocenters. The van der Waals surface area contributed by atoms with Gasteiger partial charge in [-0.25, -0.2) is 10.0 Å². The standard InChI is InChI=1S/C11H25NOS.H2O/c1-11(2,3)13-12-9-7-8-10(12)14(4,5)6;/h10H,7-9H2,1-6H3;1H2. The van der Waals surface area contributed by atoms with Gasteiger partial charge < -0.3 is 5.48 Å². The van der Waals surface area contributed by atoms with Crippen molar-refractivity contribution in [1.29, 1.82) is 0 Å². The highest BCUT2D eigenvalue weighted by Gasteiger charge is 2.34. The van der Waals surface area contributed by atoms with Crippen LogP contribution in [0.3, 0.4) is 0 Å². The largest absolute Gasteiger partial charge is 0.412 e. The molecule has 0 amide bonds. The molecule has 0 aromatic heterocycles. The van der Waals surface area contributed by atoms with Crippen LogP contribution >= 0.6 is 10.0 Å². The molecule has 0 aliphatic carbocycles. The van der Waals surface area contributed by atoms with Crippen LogP contribution in [0.2, 0.25) is 0 Å². The van der Waals surface area contributed by atoms with Crippen LogP contribution in [0.1, 0.15) is 33.6 Å². The summed E-state index contributed by atoms with van der Waals surface area (Å²) in [6, 6.07) is 0. The molecule has 1 aliphatic rings. The Hall–Kier alpha value is 0.230. The second kappa shape index (κ2) is 5.04. The average molecular weight is 237 g/mol. The molecular formula is C11H27NO2S. The van der Waals surface area contributed by atoms with Gasteiger partial charge in [-0.2, -0.15) is 5.06 Å². The fraction of sp³-hybridized carbons (Fsp3) is 1.00. The van der Waals surface area contributed by atoms with E-state index in [1.165, 1.54) is 12.8 Å². The lowest BCUT2D eigenvalue weighted by atomic mass is 10.2. The highest BCUT2D eigenvalue weighted by atomic mass is 32.3. The lowest BCUT2D eigenvalue weighted by molar-refractivity contribution is -0.223. The van der Waals surface area contributed by atoms with Crippen molar-refractivity contribution in [2.75, 3.05) is 25.3 Å². The molecule has 1 rings (SSSR count). The van der Waals surface area contributed by atoms with Gasteiger partial charge in [0.05, 0.1) is 11.0 Å². The maximum Gasteiger partial charge on any atom is 0.0816 e. The third kappa shape index (κ3) is 4.72. The molecule has 94 valence electrons. The second-order valence-electron chi connectivity index (χ2n) is 5.87. The minimum Gasteiger partial charge on any atom is -0.412 e. The van der Waals surface area contributed by atoms with Gasteiger partial charge >= 0.3 is 0 Å². The number of hydrogen-bond donors (Lipinski definition) is 0. The van der Waals surface area contributed by atoms with Gasteiger partial charge in [0, 0.05) is 6.54 Å². The molecule has 0 saturated carbocycles. The van der Waals surface area contributed by atoms with Gasteiger partial charge in [-0.15, -0.1) is 0 Å². The van der Waals surface area contributed by atoms with Crippen molar-refractivity contribution in [1.82, 2.24) is 5.06 Å². The van der Waals surface area contributed by atoms with Crippen LogP contribution in [-0.2, 0) is 4.84 Å². The molecule has 1 heterocycles. The van der Waals surface area contributed by atoms with Crippen LogP contribution in [0.15, 0.2) is 0 Å². The number of hydroxylamine groups is 2. The van der Waals surface area contributed by atoms with Gasteiger partial charge in [0.2, 0.25) is 0 Å². The fourth-order valence-corrected chi connectivity index (χ4v) is 3.60. The summed E-state index contributed by atoms with van der Waals surface area (Å²) in [6.45, 7) is 7.48. The molecular weight excluding hydrogens is 210 g/mol. The first-order valence-corrected chi connectivity index (χ1v) is 8.25. The summed E-state index contributed by atoms with van der Waals surface area (Å²) in [7, 11) is -0.523. The van der Waals surface area contributed by atoms with E-state index in [1.54, 1.807) is 0 Å². The van der Waals surface area contributed by atoms with Crippen molar-refractivity contribution >= 4 is 10.0 Å². The minimum absolute atomic E-state index is 0. The molecule has 1 unspecified atom stereocenters. The molecule has 4 heteroatoms. The summed E-state index contributed by atoms with van der Waals surface area (Å²) >= 11 is 0. The SMILES string of the molecule is CC(C)(C)ON1CCCC1S(C)(C)C.O. The Morgan fingerprint density at radius 1 is 1.20 bits per heavy atom. The Balaban J connectivity index is 0.00000196. The molecule has 15 heavy (non-hydrogen) atoms. The smallest absolute Gasteiger partial charge is 0.0816 e. The Labute approximate surface area is 95.8 Å². The van der Waals surface area contributed by atoms with Crippen LogP contribution in [0.25, 0.3) is 0 Å². The van der Waals surface area contributed by atoms with E-state index in [4.69, 9.17) is 4.84 Å². The highest BCUT2D eigenvalue weighted by Crippen LogP contribution is 2.48. The first-order valence-electron chi connectivity index (χ1n) is 5.33. The van der Waals surface area contributed by atoms with Crippen molar-refractivity contribution in [2.24, 2.45) is 0 Å². The van der Waals surface area contributed by atoms with Crippen molar-refractivity contribution in [3.05, 3.63) is 0 Å². The van der Waals surface area contributed by atoms with Gasteiger partial charge in [-0.3, -0.25) is 4.84 Å². The second-order valence-corrected chi connectivity index (χ2v) is 10.3. The normalized spacial score (nSPS) is 25.1. The van der Waals surface area contributed by atoms with Gasteiger partial charge in [0.1, 0.15) is 0 Å². The number of rotatable bonds is 2. The topological polar surface area (TPSA) is 44.0 Å². The van der Waals surface area contributed by atoms with Crippen molar-refractivity contribution in [3.63, 3.8) is 0 Å². The molecule has 2 N–H and O–H groups in total. The van der Waals surface area contributed by atoms with E-state index in [0.717, 1.165) is 6.54 Å². The van der Waals surface area contributed by atoms with E-state index in [1.807, 2.05) is 0 Å². The lowest BCUT2D eigenvalue weighted by Gasteiger charge is -2.41. The lowest BCUT2D eigenvalue weighted by Crippen LogP contribution is -2.39. The fourth-order valence-electron chi connectivity index (χ4n) is 1.87. The Kier molecular flexibility index (Phi) is 5.12. The highest BCUT2D eigenvalue weighted by molar-refractivity contribution is 8.32. The molecule has 0 aromatic carbocycles. The molecule has 0 aromatic rings. The summed E-state index contributed by atoms with van der Waals surface area (Å²) in [5, 5.41) is 2.89. The maximum atomic E-state index is 5.99. The van der Waals surface area contributed by atoms with Crippen LogP contribution < -0.4 is 0 Å². The van der Waals surface area contributed by atoms with Crippen molar-refractivity contribution in [3.8, 4) is 0 Å². The zero-order valence-corrected chi connectivity index (χ0v) is 11.8. The molecule has 0 spiro atoms. The quantitative estimate of drug-likeness (QED) is 0.737. The van der Waals surface area contributed by atoms with E-state index in [0.29, 0.717) is 5.37 Å². The minimum atomic E-state index is -0.523. The predicted octanol–water partition coefficient (Wildman–Crippen LogP) is 2.01. The van der Waals surface area contributed by atoms with Crippen LogP contribution in [0.4, 0.5) is 0 Å². The monoisotopic (exact) mass is 237 g/mol. The third-order valence-corrected chi connectivity index (χ3v) is 4.46. The van der Waals surface area contributed by atoms with E-state index in [9.17, 15) is 0 Å². The predicted molar refractivity (Wildman–Crippen MR) is 69.5 cm³/mol. The summed E-state index contributed by atoms with van der Waals surface area (Å²) in [5.41, 5.74) is -0.0483. The molecule has 3 nitrogen and oxygen atoms in total. The molecule has 0 bridgehead atoms. The zero-order valence-electron chi connectivity index (χ0n) is 11.0. The summed E-state index contributed by atoms with van der Waals surface area (Å²) in [4.78, 5) is 5.99. The van der Waals surface area contributed by atoms with Crippen LogP contribution in [0.5, 0.6) is 0 Å². The van der Waals surface area contributed by atoms with E-state index in [2.05, 4.69) is 44.6 Å². The molecule has 1 aliphatic heterocycles. The van der Waals surface area contributed by atoms with Crippen molar-refractivity contribution < 1.29 is 10.3 Å². The zero-order chi connectivity index (χ0) is 11.0. The summed E-state index contributed by atoms with van der Waals surface area (Å²) < 4.78 is 0.